The summed E-state index contributed by atoms with van der Waals surface area (Å²) < 4.78 is 0. The molecule has 1 rings (SSSR count). The molecule has 1 saturated heterocycles. The Morgan fingerprint density at radius 1 is 1.29 bits per heavy atom. The molecule has 0 N–H and O–H groups in total. The fourth-order valence-electron chi connectivity index (χ4n) is 2.13. The van der Waals surface area contributed by atoms with Crippen LogP contribution in [-0.2, 0) is 4.79 Å². The third-order valence-corrected chi connectivity index (χ3v) is 4.06. The molecular weight excluding hydrogens is 212 g/mol. The fraction of sp³-hybridized carbons (Fsp3) is 0.929. The van der Waals surface area contributed by atoms with Crippen LogP contribution in [0.4, 0.5) is 0 Å². The van der Waals surface area contributed by atoms with Gasteiger partial charge in [0, 0.05) is 18.6 Å². The number of carbonyl (C=O) groups is 1. The molecule has 17 heavy (non-hydrogen) atoms. The molecule has 1 amide bonds. The third kappa shape index (κ3) is 4.30. The largest absolute Gasteiger partial charge is 0.342 e. The van der Waals surface area contributed by atoms with Crippen LogP contribution >= 0.6 is 0 Å². The standard InChI is InChI=1S/C14H28N2O/c1-6-12-7-9-16(10-8-12)13(17)11-15(5)14(2,3)4/h12H,6-11H2,1-5H3. The van der Waals surface area contributed by atoms with E-state index in [0.29, 0.717) is 6.54 Å². The van der Waals surface area contributed by atoms with Gasteiger partial charge in [-0.15, -0.1) is 0 Å². The minimum atomic E-state index is 0.0669. The van der Waals surface area contributed by atoms with Gasteiger partial charge in [-0.25, -0.2) is 0 Å². The van der Waals surface area contributed by atoms with E-state index in [4.69, 9.17) is 0 Å². The Hall–Kier alpha value is -0.570. The van der Waals surface area contributed by atoms with Gasteiger partial charge in [0.1, 0.15) is 0 Å². The number of likely N-dealkylation sites (tertiary alicyclic amines) is 1. The average molecular weight is 240 g/mol. The van der Waals surface area contributed by atoms with E-state index in [9.17, 15) is 4.79 Å². The molecule has 1 heterocycles. The maximum absolute atomic E-state index is 12.1. The van der Waals surface area contributed by atoms with Crippen LogP contribution in [0.1, 0.15) is 47.0 Å². The van der Waals surface area contributed by atoms with E-state index in [-0.39, 0.29) is 11.4 Å². The first-order chi connectivity index (χ1) is 7.84. The lowest BCUT2D eigenvalue weighted by Crippen LogP contribution is -2.48. The Balaban J connectivity index is 2.39. The number of hydrogen-bond donors (Lipinski definition) is 0. The first-order valence-electron chi connectivity index (χ1n) is 6.83. The van der Waals surface area contributed by atoms with Crippen LogP contribution < -0.4 is 0 Å². The quantitative estimate of drug-likeness (QED) is 0.756. The van der Waals surface area contributed by atoms with E-state index < -0.39 is 0 Å². The van der Waals surface area contributed by atoms with Crippen molar-refractivity contribution in [3.63, 3.8) is 0 Å². The minimum absolute atomic E-state index is 0.0669. The Morgan fingerprint density at radius 3 is 2.24 bits per heavy atom. The van der Waals surface area contributed by atoms with Crippen LogP contribution in [0.25, 0.3) is 0 Å². The molecule has 0 atom stereocenters. The number of piperidine rings is 1. The second-order valence-electron chi connectivity index (χ2n) is 6.26. The molecule has 1 aliphatic heterocycles. The highest BCUT2D eigenvalue weighted by molar-refractivity contribution is 5.78. The Bertz CT molecular complexity index is 249. The van der Waals surface area contributed by atoms with E-state index in [1.165, 1.54) is 19.3 Å². The van der Waals surface area contributed by atoms with Gasteiger partial charge >= 0.3 is 0 Å². The Morgan fingerprint density at radius 2 is 1.82 bits per heavy atom. The Kier molecular flexibility index (Phi) is 4.99. The van der Waals surface area contributed by atoms with Crippen molar-refractivity contribution in [1.82, 2.24) is 9.80 Å². The van der Waals surface area contributed by atoms with Crippen LogP contribution in [0.3, 0.4) is 0 Å². The highest BCUT2D eigenvalue weighted by Gasteiger charge is 2.25. The van der Waals surface area contributed by atoms with E-state index in [1.54, 1.807) is 0 Å². The molecule has 3 heteroatoms. The van der Waals surface area contributed by atoms with Crippen molar-refractivity contribution < 1.29 is 4.79 Å². The molecule has 0 saturated carbocycles. The zero-order valence-electron chi connectivity index (χ0n) is 12.1. The molecule has 0 aliphatic carbocycles. The van der Waals surface area contributed by atoms with Crippen LogP contribution in [-0.4, -0.2) is 47.9 Å². The summed E-state index contributed by atoms with van der Waals surface area (Å²) in [5, 5.41) is 0. The van der Waals surface area contributed by atoms with E-state index >= 15 is 0 Å². The fourth-order valence-corrected chi connectivity index (χ4v) is 2.13. The summed E-state index contributed by atoms with van der Waals surface area (Å²) in [6.45, 7) is 11.1. The normalized spacial score (nSPS) is 18.8. The second kappa shape index (κ2) is 5.85. The minimum Gasteiger partial charge on any atom is -0.342 e. The summed E-state index contributed by atoms with van der Waals surface area (Å²) >= 11 is 0. The highest BCUT2D eigenvalue weighted by atomic mass is 16.2. The topological polar surface area (TPSA) is 23.6 Å². The number of rotatable bonds is 3. The molecule has 0 spiro atoms. The van der Waals surface area contributed by atoms with E-state index in [2.05, 4.69) is 32.6 Å². The van der Waals surface area contributed by atoms with Gasteiger partial charge in [0.25, 0.3) is 0 Å². The highest BCUT2D eigenvalue weighted by Crippen LogP contribution is 2.20. The summed E-state index contributed by atoms with van der Waals surface area (Å²) in [5.74, 6) is 1.12. The summed E-state index contributed by atoms with van der Waals surface area (Å²) in [6.07, 6.45) is 3.62. The van der Waals surface area contributed by atoms with Crippen molar-refractivity contribution in [2.45, 2.75) is 52.5 Å². The lowest BCUT2D eigenvalue weighted by molar-refractivity contribution is -0.134. The van der Waals surface area contributed by atoms with Gasteiger partial charge < -0.3 is 4.90 Å². The van der Waals surface area contributed by atoms with Crippen molar-refractivity contribution in [3.8, 4) is 0 Å². The lowest BCUT2D eigenvalue weighted by atomic mass is 9.94. The molecule has 0 bridgehead atoms. The smallest absolute Gasteiger partial charge is 0.236 e. The predicted molar refractivity (Wildman–Crippen MR) is 72.0 cm³/mol. The van der Waals surface area contributed by atoms with E-state index in [1.807, 2.05) is 11.9 Å². The number of hydrogen-bond acceptors (Lipinski definition) is 2. The van der Waals surface area contributed by atoms with Crippen molar-refractivity contribution in [2.75, 3.05) is 26.7 Å². The van der Waals surface area contributed by atoms with Gasteiger partial charge in [0.2, 0.25) is 5.91 Å². The number of nitrogens with zero attached hydrogens (tertiary/aromatic N) is 2. The number of amides is 1. The summed E-state index contributed by atoms with van der Waals surface area (Å²) in [6, 6.07) is 0. The second-order valence-corrected chi connectivity index (χ2v) is 6.26. The molecule has 1 fully saturated rings. The summed E-state index contributed by atoms with van der Waals surface area (Å²) in [4.78, 5) is 16.3. The SMILES string of the molecule is CCC1CCN(C(=O)CN(C)C(C)(C)C)CC1. The Labute approximate surface area is 106 Å². The molecule has 3 nitrogen and oxygen atoms in total. The predicted octanol–water partition coefficient (Wildman–Crippen LogP) is 2.37. The monoisotopic (exact) mass is 240 g/mol. The van der Waals surface area contributed by atoms with Crippen molar-refractivity contribution in [3.05, 3.63) is 0 Å². The van der Waals surface area contributed by atoms with E-state index in [0.717, 1.165) is 19.0 Å². The van der Waals surface area contributed by atoms with Gasteiger partial charge in [-0.3, -0.25) is 9.69 Å². The van der Waals surface area contributed by atoms with Crippen LogP contribution in [0, 0.1) is 5.92 Å². The molecular formula is C14H28N2O. The molecule has 0 aromatic heterocycles. The summed E-state index contributed by atoms with van der Waals surface area (Å²) in [5.41, 5.74) is 0.0669. The summed E-state index contributed by atoms with van der Waals surface area (Å²) in [7, 11) is 2.02. The lowest BCUT2D eigenvalue weighted by Gasteiger charge is -2.36. The molecule has 0 aromatic carbocycles. The van der Waals surface area contributed by atoms with Crippen molar-refractivity contribution in [2.24, 2.45) is 5.92 Å². The molecule has 1 aliphatic rings. The van der Waals surface area contributed by atoms with Gasteiger partial charge in [0.05, 0.1) is 6.54 Å². The van der Waals surface area contributed by atoms with Gasteiger partial charge in [-0.2, -0.15) is 0 Å². The first-order valence-corrected chi connectivity index (χ1v) is 6.83. The van der Waals surface area contributed by atoms with Crippen molar-refractivity contribution in [1.29, 1.82) is 0 Å². The average Bonchev–Trinajstić information content (AvgIpc) is 2.27. The molecule has 0 radical (unpaired) electrons. The van der Waals surface area contributed by atoms with Gasteiger partial charge in [-0.05, 0) is 46.6 Å². The molecule has 0 unspecified atom stereocenters. The zero-order valence-corrected chi connectivity index (χ0v) is 12.1. The van der Waals surface area contributed by atoms with Crippen LogP contribution in [0.2, 0.25) is 0 Å². The molecule has 0 aromatic rings. The maximum atomic E-state index is 12.1. The third-order valence-electron chi connectivity index (χ3n) is 4.06. The number of likely N-dealkylation sites (N-methyl/N-ethyl adjacent to an activating group) is 1. The zero-order chi connectivity index (χ0) is 13.1. The maximum Gasteiger partial charge on any atom is 0.236 e. The van der Waals surface area contributed by atoms with Crippen molar-refractivity contribution >= 4 is 5.91 Å². The first kappa shape index (κ1) is 14.5. The van der Waals surface area contributed by atoms with Crippen LogP contribution in [0.5, 0.6) is 0 Å². The van der Waals surface area contributed by atoms with Gasteiger partial charge in [-0.1, -0.05) is 13.3 Å². The van der Waals surface area contributed by atoms with Gasteiger partial charge in [0.15, 0.2) is 0 Å². The number of carbonyl (C=O) groups excluding carboxylic acids is 1. The van der Waals surface area contributed by atoms with Crippen LogP contribution in [0.15, 0.2) is 0 Å². The molecule has 100 valence electrons.